The fraction of sp³-hybridized carbons (Fsp3) is 0.611. The molecule has 1 saturated carbocycles. The molecule has 1 N–H and O–H groups in total. The van der Waals surface area contributed by atoms with Crippen LogP contribution in [0.1, 0.15) is 64.3 Å². The van der Waals surface area contributed by atoms with Crippen LogP contribution in [0.3, 0.4) is 0 Å². The van der Waals surface area contributed by atoms with Crippen molar-refractivity contribution < 1.29 is 4.79 Å². The van der Waals surface area contributed by atoms with Gasteiger partial charge < -0.3 is 4.90 Å². The van der Waals surface area contributed by atoms with Gasteiger partial charge in [-0.3, -0.25) is 10.1 Å². The van der Waals surface area contributed by atoms with E-state index in [4.69, 9.17) is 0 Å². The van der Waals surface area contributed by atoms with Crippen molar-refractivity contribution >= 4 is 5.91 Å². The van der Waals surface area contributed by atoms with E-state index in [1.54, 1.807) is 0 Å². The van der Waals surface area contributed by atoms with Gasteiger partial charge in [-0.1, -0.05) is 52.0 Å². The number of carbonyl (C=O) groups is 1. The van der Waals surface area contributed by atoms with Crippen LogP contribution in [0.4, 0.5) is 0 Å². The SMILES string of the molecule is CCC1NC(c2ccc(C(C)(C)C)cc2)N(C2CC2)C1=O. The van der Waals surface area contributed by atoms with E-state index < -0.39 is 0 Å². The number of carbonyl (C=O) groups excluding carboxylic acids is 1. The molecule has 21 heavy (non-hydrogen) atoms. The second-order valence-corrected chi connectivity index (χ2v) is 7.38. The summed E-state index contributed by atoms with van der Waals surface area (Å²) in [7, 11) is 0. The normalized spacial score (nSPS) is 26.5. The molecule has 2 unspecified atom stereocenters. The summed E-state index contributed by atoms with van der Waals surface area (Å²) < 4.78 is 0. The van der Waals surface area contributed by atoms with E-state index in [2.05, 4.69) is 62.2 Å². The molecule has 1 aliphatic carbocycles. The number of amides is 1. The first-order valence-corrected chi connectivity index (χ1v) is 8.10. The molecule has 0 bridgehead atoms. The summed E-state index contributed by atoms with van der Waals surface area (Å²) in [6.07, 6.45) is 3.23. The fourth-order valence-corrected chi connectivity index (χ4v) is 3.11. The van der Waals surface area contributed by atoms with Crippen molar-refractivity contribution in [3.8, 4) is 0 Å². The van der Waals surface area contributed by atoms with Crippen molar-refractivity contribution in [1.82, 2.24) is 10.2 Å². The van der Waals surface area contributed by atoms with Crippen LogP contribution in [0.2, 0.25) is 0 Å². The van der Waals surface area contributed by atoms with Crippen LogP contribution in [0.15, 0.2) is 24.3 Å². The predicted molar refractivity (Wildman–Crippen MR) is 85.0 cm³/mol. The third-order valence-corrected chi connectivity index (χ3v) is 4.63. The molecule has 0 radical (unpaired) electrons. The lowest BCUT2D eigenvalue weighted by Crippen LogP contribution is -2.32. The van der Waals surface area contributed by atoms with E-state index in [0.29, 0.717) is 6.04 Å². The number of nitrogens with one attached hydrogen (secondary N) is 1. The minimum atomic E-state index is -0.0158. The van der Waals surface area contributed by atoms with E-state index in [0.717, 1.165) is 19.3 Å². The van der Waals surface area contributed by atoms with Crippen LogP contribution < -0.4 is 5.32 Å². The fourth-order valence-electron chi connectivity index (χ4n) is 3.11. The number of hydrogen-bond acceptors (Lipinski definition) is 2. The molecule has 114 valence electrons. The summed E-state index contributed by atoms with van der Waals surface area (Å²) in [5.74, 6) is 0.282. The average molecular weight is 286 g/mol. The van der Waals surface area contributed by atoms with Crippen molar-refractivity contribution in [3.05, 3.63) is 35.4 Å². The molecule has 2 atom stereocenters. The lowest BCUT2D eigenvalue weighted by atomic mass is 9.86. The maximum Gasteiger partial charge on any atom is 0.241 e. The van der Waals surface area contributed by atoms with Crippen LogP contribution in [0, 0.1) is 0 Å². The zero-order chi connectivity index (χ0) is 15.2. The standard InChI is InChI=1S/C18H26N2O/c1-5-15-17(21)20(14-10-11-14)16(19-15)12-6-8-13(9-7-12)18(2,3)4/h6-9,14-16,19H,5,10-11H2,1-4H3. The van der Waals surface area contributed by atoms with Gasteiger partial charge >= 0.3 is 0 Å². The Kier molecular flexibility index (Phi) is 3.56. The van der Waals surface area contributed by atoms with Gasteiger partial charge in [0.25, 0.3) is 0 Å². The van der Waals surface area contributed by atoms with Crippen LogP contribution in [0.25, 0.3) is 0 Å². The van der Waals surface area contributed by atoms with Crippen LogP contribution in [-0.2, 0) is 10.2 Å². The summed E-state index contributed by atoms with van der Waals surface area (Å²) in [6, 6.07) is 9.20. The lowest BCUT2D eigenvalue weighted by Gasteiger charge is -2.25. The summed E-state index contributed by atoms with van der Waals surface area (Å²) in [6.45, 7) is 8.75. The summed E-state index contributed by atoms with van der Waals surface area (Å²) in [5, 5.41) is 3.51. The second kappa shape index (κ2) is 5.13. The smallest absolute Gasteiger partial charge is 0.241 e. The molecular weight excluding hydrogens is 260 g/mol. The molecule has 0 spiro atoms. The van der Waals surface area contributed by atoms with Crippen molar-refractivity contribution in [1.29, 1.82) is 0 Å². The van der Waals surface area contributed by atoms with Gasteiger partial charge in [-0.25, -0.2) is 0 Å². The molecule has 0 aromatic heterocycles. The molecular formula is C18H26N2O. The topological polar surface area (TPSA) is 32.3 Å². The maximum atomic E-state index is 12.5. The Morgan fingerprint density at radius 3 is 2.29 bits per heavy atom. The van der Waals surface area contributed by atoms with Crippen LogP contribution >= 0.6 is 0 Å². The Labute approximate surface area is 127 Å². The number of hydrogen-bond donors (Lipinski definition) is 1. The van der Waals surface area contributed by atoms with E-state index in [1.165, 1.54) is 11.1 Å². The molecule has 1 aromatic rings. The highest BCUT2D eigenvalue weighted by atomic mass is 16.2. The minimum Gasteiger partial charge on any atom is -0.319 e. The van der Waals surface area contributed by atoms with Crippen molar-refractivity contribution in [2.75, 3.05) is 0 Å². The molecule has 1 aromatic carbocycles. The predicted octanol–water partition coefficient (Wildman–Crippen LogP) is 3.36. The van der Waals surface area contributed by atoms with Gasteiger partial charge in [0.05, 0.1) is 6.04 Å². The average Bonchev–Trinajstić information content (AvgIpc) is 3.22. The summed E-state index contributed by atoms with van der Waals surface area (Å²) in [4.78, 5) is 14.6. The zero-order valence-electron chi connectivity index (χ0n) is 13.5. The summed E-state index contributed by atoms with van der Waals surface area (Å²) >= 11 is 0. The first-order valence-electron chi connectivity index (χ1n) is 8.10. The van der Waals surface area contributed by atoms with Crippen molar-refractivity contribution in [2.24, 2.45) is 0 Å². The first-order chi connectivity index (χ1) is 9.91. The summed E-state index contributed by atoms with van der Waals surface area (Å²) in [5.41, 5.74) is 2.71. The molecule has 2 aliphatic rings. The van der Waals surface area contributed by atoms with Gasteiger partial charge in [-0.05, 0) is 35.8 Å². The highest BCUT2D eigenvalue weighted by Gasteiger charge is 2.45. The number of rotatable bonds is 3. The first kappa shape index (κ1) is 14.6. The minimum absolute atomic E-state index is 0.0158. The monoisotopic (exact) mass is 286 g/mol. The molecule has 1 aliphatic heterocycles. The molecule has 1 amide bonds. The molecule has 3 heteroatoms. The molecule has 1 saturated heterocycles. The quantitative estimate of drug-likeness (QED) is 0.924. The Morgan fingerprint density at radius 2 is 1.81 bits per heavy atom. The molecule has 2 fully saturated rings. The Morgan fingerprint density at radius 1 is 1.19 bits per heavy atom. The van der Waals surface area contributed by atoms with Crippen molar-refractivity contribution in [2.45, 2.75) is 70.6 Å². The molecule has 3 rings (SSSR count). The van der Waals surface area contributed by atoms with Crippen molar-refractivity contribution in [3.63, 3.8) is 0 Å². The van der Waals surface area contributed by atoms with Gasteiger partial charge in [0, 0.05) is 6.04 Å². The van der Waals surface area contributed by atoms with Gasteiger partial charge in [0.1, 0.15) is 6.17 Å². The second-order valence-electron chi connectivity index (χ2n) is 7.38. The van der Waals surface area contributed by atoms with E-state index in [-0.39, 0.29) is 23.5 Å². The van der Waals surface area contributed by atoms with E-state index in [9.17, 15) is 4.79 Å². The van der Waals surface area contributed by atoms with E-state index >= 15 is 0 Å². The van der Waals surface area contributed by atoms with Gasteiger partial charge in [-0.15, -0.1) is 0 Å². The van der Waals surface area contributed by atoms with Gasteiger partial charge in [0.2, 0.25) is 5.91 Å². The Balaban J connectivity index is 1.86. The van der Waals surface area contributed by atoms with Gasteiger partial charge in [-0.2, -0.15) is 0 Å². The third kappa shape index (κ3) is 2.71. The third-order valence-electron chi connectivity index (χ3n) is 4.63. The molecule has 1 heterocycles. The zero-order valence-corrected chi connectivity index (χ0v) is 13.5. The number of nitrogens with zero attached hydrogens (tertiary/aromatic N) is 1. The largest absolute Gasteiger partial charge is 0.319 e. The highest BCUT2D eigenvalue weighted by molar-refractivity contribution is 5.85. The van der Waals surface area contributed by atoms with Crippen LogP contribution in [0.5, 0.6) is 0 Å². The van der Waals surface area contributed by atoms with Gasteiger partial charge in [0.15, 0.2) is 0 Å². The molecule has 3 nitrogen and oxygen atoms in total. The maximum absolute atomic E-state index is 12.5. The highest BCUT2D eigenvalue weighted by Crippen LogP contribution is 2.38. The lowest BCUT2D eigenvalue weighted by molar-refractivity contribution is -0.130. The Bertz CT molecular complexity index is 525. The van der Waals surface area contributed by atoms with Crippen LogP contribution in [-0.4, -0.2) is 22.9 Å². The van der Waals surface area contributed by atoms with E-state index in [1.807, 2.05) is 0 Å². The number of benzene rings is 1. The Hall–Kier alpha value is -1.35.